The molecule has 18 heterocycles. The highest BCUT2D eigenvalue weighted by molar-refractivity contribution is 5.95. The van der Waals surface area contributed by atoms with Crippen LogP contribution in [-0.2, 0) is 0 Å². The molecule has 48 nitrogen and oxygen atoms in total. The molecule has 1 aromatic rings. The maximum Gasteiger partial charge on any atom is 0.326 e. The van der Waals surface area contributed by atoms with E-state index in [1.54, 1.807) is 0 Å². The summed E-state index contributed by atoms with van der Waals surface area (Å²) in [6.45, 7) is -5.48. The van der Waals surface area contributed by atoms with Gasteiger partial charge in [0.2, 0.25) is 0 Å². The van der Waals surface area contributed by atoms with Gasteiger partial charge in [-0.3, -0.25) is 118 Å². The number of carbonyl (C=O) groups excluding carboxylic acids is 12. The molecule has 0 radical (unpaired) electrons. The van der Waals surface area contributed by atoms with E-state index < -0.39 is 226 Å². The number of carbonyl (C=O) groups is 12. The van der Waals surface area contributed by atoms with Gasteiger partial charge in [-0.1, -0.05) is 0 Å². The lowest BCUT2D eigenvalue weighted by molar-refractivity contribution is -0.260. The molecule has 18 fully saturated rings. The van der Waals surface area contributed by atoms with Gasteiger partial charge >= 0.3 is 72.4 Å². The summed E-state index contributed by atoms with van der Waals surface area (Å²) in [4.78, 5) is 213. The van der Waals surface area contributed by atoms with Crippen molar-refractivity contribution in [1.29, 1.82) is 0 Å². The van der Waals surface area contributed by atoms with Crippen LogP contribution in [0.4, 0.5) is 68.9 Å². The summed E-state index contributed by atoms with van der Waals surface area (Å²) in [5.74, 6) is 0. The van der Waals surface area contributed by atoms with Gasteiger partial charge in [0.15, 0.2) is 74.0 Å². The fourth-order valence-electron chi connectivity index (χ4n) is 16.5. The Morgan fingerprint density at radius 2 is 0.250 bits per heavy atom. The van der Waals surface area contributed by atoms with Gasteiger partial charge in [-0.05, 0) is 0 Å². The van der Waals surface area contributed by atoms with Gasteiger partial charge in [0.05, 0.1) is 0 Å². The molecule has 0 atom stereocenters. The zero-order valence-corrected chi connectivity index (χ0v) is 51.8. The van der Waals surface area contributed by atoms with E-state index in [1.165, 1.54) is 118 Å². The summed E-state index contributed by atoms with van der Waals surface area (Å²) in [6.07, 6.45) is -13.9. The highest BCUT2D eigenvalue weighted by Gasteiger charge is 2.76. The quantitative estimate of drug-likeness (QED) is 0.229. The molecule has 18 saturated heterocycles. The van der Waals surface area contributed by atoms with E-state index in [0.717, 1.165) is 11.4 Å². The molecule has 18 aliphatic rings. The summed E-state index contributed by atoms with van der Waals surface area (Å²) in [6, 6.07) is -0.109. The smallest absolute Gasteiger partial charge is 0.326 e. The van der Waals surface area contributed by atoms with Gasteiger partial charge in [-0.2, -0.15) is 0 Å². The molecule has 1 aromatic carbocycles. The minimum Gasteiger partial charge on any atom is -1.00 e. The SMILES string of the molecule is O.O.O.O.O.O.O.O.O.O.O=C1N2CN3C(=O)N4CN5C(=O)N6CN7C(=O)N8CN9C(=O)N%10CN%11C(=O)N%12CN1C1C2N2CN%13C(=O)N(CN%14C(=O)N(CN%15C(=O)N(CN%16C(=O)N(CN%17C(=O)N(CN1C2=O)C%12C%11%17)C%10C9%16)C8C7%15)C6C5%14)C4C3%13.[I-].[I-].[NH3+]c1ccc([NH3+])cc1. The van der Waals surface area contributed by atoms with Crippen molar-refractivity contribution in [3.63, 3.8) is 0 Å². The zero-order chi connectivity index (χ0) is 54.2. The molecule has 0 saturated carbocycles. The van der Waals surface area contributed by atoms with Crippen molar-refractivity contribution >= 4 is 83.7 Å². The summed E-state index contributed by atoms with van der Waals surface area (Å²) in [5.41, 5.74) is 9.55. The van der Waals surface area contributed by atoms with Crippen LogP contribution in [0.25, 0.3) is 0 Å². The number of quaternary nitrogens is 2. The summed E-state index contributed by atoms with van der Waals surface area (Å²) in [5, 5.41) is 0. The second-order valence-corrected chi connectivity index (χ2v) is 23.1. The monoisotopic (exact) mass is 1540 g/mol. The Morgan fingerprint density at radius 3 is 0.315 bits per heavy atom. The lowest BCUT2D eigenvalue weighted by Crippen LogP contribution is -3.00. The standard InChI is InChI=1S/C36H36N24O12.C6H8N2.2HI.10H2O/c61-25-37-1-38-14-16-42(26(38)62)4-46-18-20-50(30(46)66)8-54-22-24-58(34(54)70)11-57-23-21-53(33(57)69)7-49-19-17-45(29(49)65)3-41(25)15-13(37)39-2-40(14)28(64)44(16)6-48(18)32(68)52(20)10-56(22)36(72)60(24)12-59(23)35(71)55(21)9-51(19)31(67)47(17)5-43(15)27(39)63;7-5-1-2-6(8)4-3-5;;;;;;;;;;;;/h13-24H,1-12H2;1-4H,7-8H2;2*1H;10*1H2. The number of amides is 24. The normalized spacial score (nSPS) is 32.4. The number of benzene rings is 1. The first-order chi connectivity index (χ1) is 38.5. The van der Waals surface area contributed by atoms with E-state index in [2.05, 4.69) is 11.5 Å². The molecule has 0 aliphatic carbocycles. The number of rotatable bonds is 0. The molecule has 26 N–H and O–H groups in total. The van der Waals surface area contributed by atoms with E-state index >= 15 is 57.5 Å². The molecule has 510 valence electrons. The van der Waals surface area contributed by atoms with Gasteiger partial charge in [-0.15, -0.1) is 0 Å². The van der Waals surface area contributed by atoms with Crippen LogP contribution in [0, 0.1) is 0 Å². The van der Waals surface area contributed by atoms with Crippen molar-refractivity contribution in [2.75, 3.05) is 80.0 Å². The summed E-state index contributed by atoms with van der Waals surface area (Å²) in [7, 11) is 0. The second kappa shape index (κ2) is 22.1. The van der Waals surface area contributed by atoms with Crippen LogP contribution in [0.3, 0.4) is 0 Å². The van der Waals surface area contributed by atoms with E-state index in [-0.39, 0.29) is 103 Å². The predicted octanol–water partition coefficient (Wildman–Crippen LogP) is -20.5. The Labute approximate surface area is 548 Å². The van der Waals surface area contributed by atoms with Crippen LogP contribution in [0.1, 0.15) is 0 Å². The third kappa shape index (κ3) is 7.48. The van der Waals surface area contributed by atoms with Crippen LogP contribution in [-0.4, -0.2) is 399 Å². The largest absolute Gasteiger partial charge is 1.00 e. The minimum atomic E-state index is -1.16. The van der Waals surface area contributed by atoms with Crippen LogP contribution in [0.15, 0.2) is 24.3 Å². The molecule has 0 bridgehead atoms. The number of nitrogens with zero attached hydrogens (tertiary/aromatic N) is 24. The van der Waals surface area contributed by atoms with Crippen LogP contribution >= 0.6 is 0 Å². The van der Waals surface area contributed by atoms with Crippen LogP contribution < -0.4 is 59.4 Å². The Balaban J connectivity index is 0.000000563. The summed E-state index contributed by atoms with van der Waals surface area (Å²) < 4.78 is 0. The third-order valence-corrected chi connectivity index (χ3v) is 19.8. The van der Waals surface area contributed by atoms with Crippen molar-refractivity contribution in [1.82, 2.24) is 118 Å². The van der Waals surface area contributed by atoms with Gasteiger partial charge < -0.3 is 114 Å². The van der Waals surface area contributed by atoms with Crippen molar-refractivity contribution < 1.29 is 172 Å². The fraction of sp³-hybridized carbons (Fsp3) is 0.571. The highest BCUT2D eigenvalue weighted by atomic mass is 127. The maximum absolute atomic E-state index is 15.1. The number of urea groups is 12. The first-order valence-electron chi connectivity index (χ1n) is 26.1. The average Bonchev–Trinajstić information content (AvgIpc) is 1.53. The molecule has 0 unspecified atom stereocenters. The lowest BCUT2D eigenvalue weighted by Gasteiger charge is -2.42. The first-order valence-corrected chi connectivity index (χ1v) is 26.1. The summed E-state index contributed by atoms with van der Waals surface area (Å²) >= 11 is 0. The third-order valence-electron chi connectivity index (χ3n) is 19.8. The van der Waals surface area contributed by atoms with Crippen LogP contribution in [0.2, 0.25) is 0 Å². The molecule has 0 spiro atoms. The first kappa shape index (κ1) is 70.9. The topological polar surface area (TPSA) is 653 Å². The number of hydrogen-bond acceptors (Lipinski definition) is 12. The predicted molar refractivity (Wildman–Crippen MR) is 280 cm³/mol. The Hall–Kier alpha value is -8.56. The van der Waals surface area contributed by atoms with Gasteiger partial charge in [-0.25, -0.2) is 57.5 Å². The van der Waals surface area contributed by atoms with Crippen LogP contribution in [0.5, 0.6) is 0 Å². The van der Waals surface area contributed by atoms with E-state index in [4.69, 9.17) is 0 Å². The van der Waals surface area contributed by atoms with Gasteiger partial charge in [0.1, 0.15) is 91.4 Å². The molecule has 19 rings (SSSR count). The molecule has 0 aromatic heterocycles. The number of hydrogen-bond donors (Lipinski definition) is 2. The van der Waals surface area contributed by atoms with Gasteiger partial charge in [0, 0.05) is 24.3 Å². The Kier molecular flexibility index (Phi) is 17.0. The second-order valence-electron chi connectivity index (χ2n) is 23.1. The Bertz CT molecular complexity index is 2530. The molecule has 24 amide bonds. The van der Waals surface area contributed by atoms with Gasteiger partial charge in [0.25, 0.3) is 0 Å². The fourth-order valence-corrected chi connectivity index (χ4v) is 16.5. The van der Waals surface area contributed by atoms with E-state index in [0.29, 0.717) is 0 Å². The number of halogens is 2. The van der Waals surface area contributed by atoms with Crippen molar-refractivity contribution in [2.24, 2.45) is 0 Å². The zero-order valence-electron chi connectivity index (χ0n) is 47.5. The molecule has 50 heteroatoms. The van der Waals surface area contributed by atoms with E-state index in [1.807, 2.05) is 24.3 Å². The Morgan fingerprint density at radius 1 is 0.185 bits per heavy atom. The van der Waals surface area contributed by atoms with Crippen molar-refractivity contribution in [3.05, 3.63) is 24.3 Å². The van der Waals surface area contributed by atoms with Crippen molar-refractivity contribution in [2.45, 2.75) is 74.0 Å². The molecular weight excluding hydrogens is 1470 g/mol. The van der Waals surface area contributed by atoms with Crippen molar-refractivity contribution in [3.8, 4) is 0 Å². The molecule has 92 heavy (non-hydrogen) atoms. The lowest BCUT2D eigenvalue weighted by atomic mass is 10.2. The molecule has 18 aliphatic heterocycles. The van der Waals surface area contributed by atoms with E-state index in [9.17, 15) is 0 Å². The minimum absolute atomic E-state index is 0. The molecular formula is C42H66I2N26O22. The maximum atomic E-state index is 15.1. The average molecular weight is 1540 g/mol. The highest BCUT2D eigenvalue weighted by Crippen LogP contribution is 2.51.